The van der Waals surface area contributed by atoms with Gasteiger partial charge in [-0.2, -0.15) is 5.10 Å². The van der Waals surface area contributed by atoms with Gasteiger partial charge in [-0.1, -0.05) is 20.8 Å². The SMILES string of the molecule is CCc1c(N)n[nH]c1C1(C(C)C)CC1. The first-order chi connectivity index (χ1) is 6.62. The van der Waals surface area contributed by atoms with E-state index in [2.05, 4.69) is 31.0 Å². The fourth-order valence-electron chi connectivity index (χ4n) is 2.40. The first-order valence-electron chi connectivity index (χ1n) is 5.45. The van der Waals surface area contributed by atoms with Crippen molar-refractivity contribution in [3.63, 3.8) is 0 Å². The molecule has 1 fully saturated rings. The quantitative estimate of drug-likeness (QED) is 0.773. The van der Waals surface area contributed by atoms with Crippen molar-refractivity contribution in [2.75, 3.05) is 5.73 Å². The molecule has 78 valence electrons. The Morgan fingerprint density at radius 2 is 2.14 bits per heavy atom. The summed E-state index contributed by atoms with van der Waals surface area (Å²) < 4.78 is 0. The molecule has 1 saturated carbocycles. The molecule has 1 aromatic rings. The maximum Gasteiger partial charge on any atom is 0.148 e. The average molecular weight is 193 g/mol. The minimum Gasteiger partial charge on any atom is -0.382 e. The average Bonchev–Trinajstić information content (AvgIpc) is 2.86. The molecular formula is C11H19N3. The number of hydrogen-bond acceptors (Lipinski definition) is 2. The zero-order valence-corrected chi connectivity index (χ0v) is 9.22. The Morgan fingerprint density at radius 1 is 1.50 bits per heavy atom. The predicted octanol–water partition coefficient (Wildman–Crippen LogP) is 2.24. The lowest BCUT2D eigenvalue weighted by molar-refractivity contribution is 0.466. The van der Waals surface area contributed by atoms with E-state index in [1.54, 1.807) is 0 Å². The predicted molar refractivity (Wildman–Crippen MR) is 58.1 cm³/mol. The fraction of sp³-hybridized carbons (Fsp3) is 0.727. The smallest absolute Gasteiger partial charge is 0.148 e. The summed E-state index contributed by atoms with van der Waals surface area (Å²) in [6.07, 6.45) is 3.53. The molecule has 0 radical (unpaired) electrons. The van der Waals surface area contributed by atoms with E-state index in [1.165, 1.54) is 24.1 Å². The molecule has 0 aliphatic heterocycles. The van der Waals surface area contributed by atoms with Gasteiger partial charge in [0.15, 0.2) is 0 Å². The monoisotopic (exact) mass is 193 g/mol. The largest absolute Gasteiger partial charge is 0.382 e. The van der Waals surface area contributed by atoms with Crippen molar-refractivity contribution in [2.24, 2.45) is 5.92 Å². The van der Waals surface area contributed by atoms with Crippen molar-refractivity contribution in [1.82, 2.24) is 10.2 Å². The highest BCUT2D eigenvalue weighted by Gasteiger charge is 2.49. The Labute approximate surface area is 85.1 Å². The summed E-state index contributed by atoms with van der Waals surface area (Å²) in [6, 6.07) is 0. The number of H-pyrrole nitrogens is 1. The summed E-state index contributed by atoms with van der Waals surface area (Å²) in [5.41, 5.74) is 8.72. The molecule has 0 spiro atoms. The number of nitrogen functional groups attached to an aromatic ring is 1. The molecule has 14 heavy (non-hydrogen) atoms. The van der Waals surface area contributed by atoms with Crippen molar-refractivity contribution >= 4 is 5.82 Å². The fourth-order valence-corrected chi connectivity index (χ4v) is 2.40. The van der Waals surface area contributed by atoms with E-state index in [1.807, 2.05) is 0 Å². The van der Waals surface area contributed by atoms with Gasteiger partial charge in [-0.3, -0.25) is 5.10 Å². The van der Waals surface area contributed by atoms with Crippen molar-refractivity contribution < 1.29 is 0 Å². The number of aromatic nitrogens is 2. The standard InChI is InChI=1S/C11H19N3/c1-4-8-9(13-14-10(8)12)11(5-6-11)7(2)3/h7H,4-6H2,1-3H3,(H3,12,13,14). The van der Waals surface area contributed by atoms with Gasteiger partial charge < -0.3 is 5.73 Å². The minimum absolute atomic E-state index is 0.357. The van der Waals surface area contributed by atoms with Crippen LogP contribution in [0.5, 0.6) is 0 Å². The zero-order chi connectivity index (χ0) is 10.3. The second kappa shape index (κ2) is 3.01. The molecule has 1 aliphatic rings. The van der Waals surface area contributed by atoms with Crippen molar-refractivity contribution in [2.45, 2.75) is 45.4 Å². The molecule has 1 heterocycles. The summed E-state index contributed by atoms with van der Waals surface area (Å²) in [6.45, 7) is 6.70. The molecule has 0 saturated heterocycles. The summed E-state index contributed by atoms with van der Waals surface area (Å²) in [4.78, 5) is 0. The zero-order valence-electron chi connectivity index (χ0n) is 9.22. The molecule has 0 unspecified atom stereocenters. The van der Waals surface area contributed by atoms with Crippen LogP contribution in [-0.4, -0.2) is 10.2 Å². The third kappa shape index (κ3) is 1.15. The molecular weight excluding hydrogens is 174 g/mol. The van der Waals surface area contributed by atoms with Gasteiger partial charge in [-0.25, -0.2) is 0 Å². The molecule has 3 heteroatoms. The Kier molecular flexibility index (Phi) is 2.05. The molecule has 1 aromatic heterocycles. The molecule has 0 amide bonds. The van der Waals surface area contributed by atoms with E-state index in [4.69, 9.17) is 5.73 Å². The highest BCUT2D eigenvalue weighted by molar-refractivity contribution is 5.47. The van der Waals surface area contributed by atoms with Crippen molar-refractivity contribution in [3.05, 3.63) is 11.3 Å². The van der Waals surface area contributed by atoms with E-state index in [0.717, 1.165) is 6.42 Å². The van der Waals surface area contributed by atoms with Crippen LogP contribution in [0.2, 0.25) is 0 Å². The number of aromatic amines is 1. The normalized spacial score (nSPS) is 18.9. The number of anilines is 1. The number of nitrogens with one attached hydrogen (secondary N) is 1. The molecule has 2 rings (SSSR count). The van der Waals surface area contributed by atoms with Gasteiger partial charge in [0.1, 0.15) is 5.82 Å². The highest BCUT2D eigenvalue weighted by Crippen LogP contribution is 2.54. The second-order valence-corrected chi connectivity index (χ2v) is 4.63. The van der Waals surface area contributed by atoms with Crippen LogP contribution >= 0.6 is 0 Å². The third-order valence-corrected chi connectivity index (χ3v) is 3.64. The lowest BCUT2D eigenvalue weighted by Gasteiger charge is -2.19. The van der Waals surface area contributed by atoms with Crippen LogP contribution in [-0.2, 0) is 11.8 Å². The number of nitrogens with two attached hydrogens (primary N) is 1. The van der Waals surface area contributed by atoms with E-state index < -0.39 is 0 Å². The van der Waals surface area contributed by atoms with Crippen LogP contribution in [0.15, 0.2) is 0 Å². The Morgan fingerprint density at radius 3 is 2.57 bits per heavy atom. The van der Waals surface area contributed by atoms with E-state index >= 15 is 0 Å². The van der Waals surface area contributed by atoms with Gasteiger partial charge in [0.05, 0.1) is 0 Å². The van der Waals surface area contributed by atoms with Gasteiger partial charge in [-0.15, -0.1) is 0 Å². The molecule has 0 atom stereocenters. The van der Waals surface area contributed by atoms with Crippen LogP contribution in [0.4, 0.5) is 5.82 Å². The Hall–Kier alpha value is -0.990. The van der Waals surface area contributed by atoms with Gasteiger partial charge in [0, 0.05) is 16.7 Å². The van der Waals surface area contributed by atoms with Gasteiger partial charge in [0.2, 0.25) is 0 Å². The number of rotatable bonds is 3. The van der Waals surface area contributed by atoms with Gasteiger partial charge in [-0.05, 0) is 25.2 Å². The van der Waals surface area contributed by atoms with Crippen LogP contribution < -0.4 is 5.73 Å². The Bertz CT molecular complexity index is 334. The summed E-state index contributed by atoms with van der Waals surface area (Å²) in [7, 11) is 0. The molecule has 1 aliphatic carbocycles. The highest BCUT2D eigenvalue weighted by atomic mass is 15.2. The van der Waals surface area contributed by atoms with Gasteiger partial charge >= 0.3 is 0 Å². The topological polar surface area (TPSA) is 54.7 Å². The Balaban J connectivity index is 2.41. The minimum atomic E-state index is 0.357. The summed E-state index contributed by atoms with van der Waals surface area (Å²) in [5.74, 6) is 1.36. The first kappa shape index (κ1) is 9.56. The van der Waals surface area contributed by atoms with Crippen LogP contribution in [0.3, 0.4) is 0 Å². The van der Waals surface area contributed by atoms with Crippen LogP contribution in [0.1, 0.15) is 44.9 Å². The van der Waals surface area contributed by atoms with E-state index in [9.17, 15) is 0 Å². The number of hydrogen-bond donors (Lipinski definition) is 2. The van der Waals surface area contributed by atoms with Crippen molar-refractivity contribution in [1.29, 1.82) is 0 Å². The molecule has 0 bridgehead atoms. The van der Waals surface area contributed by atoms with Crippen LogP contribution in [0.25, 0.3) is 0 Å². The molecule has 3 nitrogen and oxygen atoms in total. The lowest BCUT2D eigenvalue weighted by atomic mass is 9.86. The van der Waals surface area contributed by atoms with E-state index in [-0.39, 0.29) is 0 Å². The lowest BCUT2D eigenvalue weighted by Crippen LogP contribution is -2.17. The van der Waals surface area contributed by atoms with Crippen molar-refractivity contribution in [3.8, 4) is 0 Å². The third-order valence-electron chi connectivity index (χ3n) is 3.64. The van der Waals surface area contributed by atoms with E-state index in [0.29, 0.717) is 17.2 Å². The maximum absolute atomic E-state index is 5.83. The first-order valence-corrected chi connectivity index (χ1v) is 5.45. The summed E-state index contributed by atoms with van der Waals surface area (Å²) >= 11 is 0. The second-order valence-electron chi connectivity index (χ2n) is 4.63. The molecule has 0 aromatic carbocycles. The summed E-state index contributed by atoms with van der Waals surface area (Å²) in [5, 5.41) is 7.26. The maximum atomic E-state index is 5.83. The van der Waals surface area contributed by atoms with Crippen LogP contribution in [0, 0.1) is 5.92 Å². The number of nitrogens with zero attached hydrogens (tertiary/aromatic N) is 1. The van der Waals surface area contributed by atoms with Gasteiger partial charge in [0.25, 0.3) is 0 Å². The molecule has 3 N–H and O–H groups in total.